The Labute approximate surface area is 246 Å². The lowest BCUT2D eigenvalue weighted by Crippen LogP contribution is -2.29. The van der Waals surface area contributed by atoms with Gasteiger partial charge in [-0.1, -0.05) is 63.3 Å². The highest BCUT2D eigenvalue weighted by Gasteiger charge is 2.43. The average molecular weight is 568 g/mol. The van der Waals surface area contributed by atoms with Crippen LogP contribution in [0.4, 0.5) is 5.69 Å². The van der Waals surface area contributed by atoms with Gasteiger partial charge in [-0.25, -0.2) is 4.79 Å². The number of benzene rings is 3. The maximum Gasteiger partial charge on any atom is 0.338 e. The van der Waals surface area contributed by atoms with Gasteiger partial charge in [0.2, 0.25) is 5.76 Å². The van der Waals surface area contributed by atoms with E-state index in [-0.39, 0.29) is 11.2 Å². The third-order valence-corrected chi connectivity index (χ3v) is 7.60. The number of carbonyl (C=O) groups is 2. The van der Waals surface area contributed by atoms with Crippen LogP contribution >= 0.6 is 0 Å². The van der Waals surface area contributed by atoms with E-state index >= 15 is 0 Å². The SMILES string of the molecule is CCCCCCOc1ccc(C2c3c(oc4ccc(C)cc4c3=O)C(=O)N2c2ccc(C(=O)OCCCC)cc2)cc1. The second kappa shape index (κ2) is 13.1. The Morgan fingerprint density at radius 2 is 1.60 bits per heavy atom. The van der Waals surface area contributed by atoms with Crippen LogP contribution in [0.2, 0.25) is 0 Å². The lowest BCUT2D eigenvalue weighted by Gasteiger charge is -2.25. The fourth-order valence-corrected chi connectivity index (χ4v) is 5.28. The van der Waals surface area contributed by atoms with Crippen molar-refractivity contribution in [1.82, 2.24) is 0 Å². The standard InChI is InChI=1S/C35H37NO6/c1-4-6-8-9-21-40-27-17-13-24(14-18-27)31-30-32(37)28-22-23(3)10-19-29(28)42-33(30)34(38)36(31)26-15-11-25(12-16-26)35(39)41-20-7-5-2/h10-19,22,31H,4-9,20-21H2,1-3H3. The number of unbranched alkanes of at least 4 members (excludes halogenated alkanes) is 4. The van der Waals surface area contributed by atoms with Gasteiger partial charge in [-0.05, 0) is 73.9 Å². The van der Waals surface area contributed by atoms with E-state index in [2.05, 4.69) is 6.92 Å². The quantitative estimate of drug-likeness (QED) is 0.128. The fourth-order valence-electron chi connectivity index (χ4n) is 5.28. The third-order valence-electron chi connectivity index (χ3n) is 7.60. The zero-order valence-corrected chi connectivity index (χ0v) is 24.5. The van der Waals surface area contributed by atoms with Crippen molar-refractivity contribution in [3.8, 4) is 5.75 Å². The van der Waals surface area contributed by atoms with Gasteiger partial charge in [0.25, 0.3) is 5.91 Å². The van der Waals surface area contributed by atoms with E-state index in [1.165, 1.54) is 12.8 Å². The van der Waals surface area contributed by atoms with Crippen LogP contribution in [0, 0.1) is 6.92 Å². The van der Waals surface area contributed by atoms with Gasteiger partial charge in [0, 0.05) is 5.69 Å². The number of carbonyl (C=O) groups excluding carboxylic acids is 2. The van der Waals surface area contributed by atoms with E-state index in [4.69, 9.17) is 13.9 Å². The van der Waals surface area contributed by atoms with Crippen LogP contribution < -0.4 is 15.1 Å². The first kappa shape index (κ1) is 29.1. The second-order valence-corrected chi connectivity index (χ2v) is 10.8. The van der Waals surface area contributed by atoms with E-state index in [1.54, 1.807) is 41.3 Å². The van der Waals surface area contributed by atoms with Crippen molar-refractivity contribution in [3.05, 3.63) is 105 Å². The van der Waals surface area contributed by atoms with Gasteiger partial charge in [0.1, 0.15) is 11.3 Å². The van der Waals surface area contributed by atoms with Crippen LogP contribution in [0.3, 0.4) is 0 Å². The molecule has 1 unspecified atom stereocenters. The van der Waals surface area contributed by atoms with Crippen LogP contribution in [0.1, 0.15) is 96.0 Å². The molecule has 2 heterocycles. The zero-order valence-electron chi connectivity index (χ0n) is 24.5. The average Bonchev–Trinajstić information content (AvgIpc) is 3.30. The summed E-state index contributed by atoms with van der Waals surface area (Å²) in [6.07, 6.45) is 6.20. The molecule has 3 aromatic carbocycles. The molecule has 4 aromatic rings. The summed E-state index contributed by atoms with van der Waals surface area (Å²) in [4.78, 5) is 41.9. The number of fused-ring (bicyclic) bond motifs is 2. The van der Waals surface area contributed by atoms with Crippen molar-refractivity contribution in [2.24, 2.45) is 0 Å². The summed E-state index contributed by atoms with van der Waals surface area (Å²) in [6.45, 7) is 7.12. The van der Waals surface area contributed by atoms with Gasteiger partial charge in [-0.3, -0.25) is 14.5 Å². The molecule has 0 radical (unpaired) electrons. The topological polar surface area (TPSA) is 86.0 Å². The van der Waals surface area contributed by atoms with Crippen molar-refractivity contribution in [3.63, 3.8) is 0 Å². The van der Waals surface area contributed by atoms with Crippen LogP contribution in [-0.2, 0) is 4.74 Å². The number of esters is 1. The number of hydrogen-bond acceptors (Lipinski definition) is 6. The maximum atomic E-state index is 13.9. The maximum absolute atomic E-state index is 13.9. The Hall–Kier alpha value is -4.39. The Morgan fingerprint density at radius 3 is 2.31 bits per heavy atom. The number of aryl methyl sites for hydroxylation is 1. The predicted octanol–water partition coefficient (Wildman–Crippen LogP) is 7.77. The van der Waals surface area contributed by atoms with E-state index in [1.807, 2.05) is 44.2 Å². The molecule has 7 heteroatoms. The molecule has 1 aliphatic heterocycles. The molecule has 0 fully saturated rings. The van der Waals surface area contributed by atoms with Crippen molar-refractivity contribution in [2.45, 2.75) is 65.3 Å². The number of hydrogen-bond donors (Lipinski definition) is 0. The minimum atomic E-state index is -0.713. The molecule has 0 spiro atoms. The minimum absolute atomic E-state index is 0.0284. The third kappa shape index (κ3) is 5.96. The molecule has 7 nitrogen and oxygen atoms in total. The van der Waals surface area contributed by atoms with Crippen molar-refractivity contribution < 1.29 is 23.5 Å². The van der Waals surface area contributed by atoms with Crippen molar-refractivity contribution >= 4 is 28.5 Å². The van der Waals surface area contributed by atoms with Crippen molar-refractivity contribution in [1.29, 1.82) is 0 Å². The molecule has 0 bridgehead atoms. The molecule has 1 amide bonds. The summed E-state index contributed by atoms with van der Waals surface area (Å²) in [5, 5.41) is 0.436. The van der Waals surface area contributed by atoms with E-state index in [0.29, 0.717) is 41.0 Å². The molecule has 0 aliphatic carbocycles. The van der Waals surface area contributed by atoms with Gasteiger partial charge in [0.05, 0.1) is 35.8 Å². The second-order valence-electron chi connectivity index (χ2n) is 10.8. The van der Waals surface area contributed by atoms with Crippen LogP contribution in [0.5, 0.6) is 5.75 Å². The lowest BCUT2D eigenvalue weighted by atomic mass is 9.97. The van der Waals surface area contributed by atoms with E-state index in [0.717, 1.165) is 42.6 Å². The highest BCUT2D eigenvalue weighted by molar-refractivity contribution is 6.10. The highest BCUT2D eigenvalue weighted by atomic mass is 16.5. The summed E-state index contributed by atoms with van der Waals surface area (Å²) in [5.74, 6) is -0.0606. The molecule has 218 valence electrons. The van der Waals surface area contributed by atoms with Gasteiger partial charge < -0.3 is 13.9 Å². The number of rotatable bonds is 12. The van der Waals surface area contributed by atoms with Gasteiger partial charge >= 0.3 is 5.97 Å². The Kier molecular flexibility index (Phi) is 9.06. The zero-order chi connectivity index (χ0) is 29.6. The largest absolute Gasteiger partial charge is 0.494 e. The van der Waals surface area contributed by atoms with E-state index < -0.39 is 17.9 Å². The number of amides is 1. The summed E-state index contributed by atoms with van der Waals surface area (Å²) in [7, 11) is 0. The molecule has 5 rings (SSSR count). The molecule has 1 aromatic heterocycles. The summed E-state index contributed by atoms with van der Waals surface area (Å²) >= 11 is 0. The normalized spacial score (nSPS) is 14.3. The van der Waals surface area contributed by atoms with Gasteiger partial charge in [-0.15, -0.1) is 0 Å². The molecule has 0 saturated carbocycles. The van der Waals surface area contributed by atoms with E-state index in [9.17, 15) is 14.4 Å². The summed E-state index contributed by atoms with van der Waals surface area (Å²) in [6, 6.07) is 18.9. The first-order valence-electron chi connectivity index (χ1n) is 14.8. The number of nitrogens with zero attached hydrogens (tertiary/aromatic N) is 1. The molecule has 1 atom stereocenters. The Morgan fingerprint density at radius 1 is 0.857 bits per heavy atom. The first-order chi connectivity index (χ1) is 20.4. The molecule has 42 heavy (non-hydrogen) atoms. The molecule has 1 aliphatic rings. The summed E-state index contributed by atoms with van der Waals surface area (Å²) in [5.41, 5.74) is 3.05. The van der Waals surface area contributed by atoms with Crippen LogP contribution in [-0.4, -0.2) is 25.1 Å². The van der Waals surface area contributed by atoms with Gasteiger partial charge in [-0.2, -0.15) is 0 Å². The molecule has 0 saturated heterocycles. The Balaban J connectivity index is 1.51. The molecular formula is C35H37NO6. The fraction of sp³-hybridized carbons (Fsp3) is 0.343. The smallest absolute Gasteiger partial charge is 0.338 e. The highest BCUT2D eigenvalue weighted by Crippen LogP contribution is 2.41. The van der Waals surface area contributed by atoms with Crippen LogP contribution in [0.15, 0.2) is 75.9 Å². The number of ether oxygens (including phenoxy) is 2. The molecule has 0 N–H and O–H groups in total. The monoisotopic (exact) mass is 567 g/mol. The predicted molar refractivity (Wildman–Crippen MR) is 164 cm³/mol. The minimum Gasteiger partial charge on any atom is -0.494 e. The van der Waals surface area contributed by atoms with Gasteiger partial charge in [0.15, 0.2) is 5.43 Å². The van der Waals surface area contributed by atoms with Crippen LogP contribution in [0.25, 0.3) is 11.0 Å². The first-order valence-corrected chi connectivity index (χ1v) is 14.8. The summed E-state index contributed by atoms with van der Waals surface area (Å²) < 4.78 is 17.4. The van der Waals surface area contributed by atoms with Crippen molar-refractivity contribution in [2.75, 3.05) is 18.1 Å². The molecular weight excluding hydrogens is 530 g/mol. The Bertz CT molecular complexity index is 1620. The number of anilines is 1. The lowest BCUT2D eigenvalue weighted by molar-refractivity contribution is 0.0499.